The van der Waals surface area contributed by atoms with E-state index in [0.29, 0.717) is 17.9 Å². The van der Waals surface area contributed by atoms with Crippen LogP contribution < -0.4 is 14.8 Å². The SMILES string of the molecule is CCCOC(=O)[C@H](Cc1ccc(-c2c(OC)cccc2OC)cc1)NC(=O)c1c(Cl)cccc1Cl. The quantitative estimate of drug-likeness (QED) is 0.336. The van der Waals surface area contributed by atoms with E-state index in [-0.39, 0.29) is 28.6 Å². The molecule has 1 amide bonds. The van der Waals surface area contributed by atoms with Crippen LogP contribution in [0.2, 0.25) is 10.0 Å². The van der Waals surface area contributed by atoms with Gasteiger partial charge in [0.05, 0.1) is 42.0 Å². The molecule has 6 nitrogen and oxygen atoms in total. The van der Waals surface area contributed by atoms with E-state index in [1.54, 1.807) is 32.4 Å². The van der Waals surface area contributed by atoms with Crippen LogP contribution in [0.15, 0.2) is 60.7 Å². The van der Waals surface area contributed by atoms with Crippen molar-refractivity contribution in [2.45, 2.75) is 25.8 Å². The molecule has 0 spiro atoms. The summed E-state index contributed by atoms with van der Waals surface area (Å²) in [4.78, 5) is 25.7. The van der Waals surface area contributed by atoms with Crippen LogP contribution in [0.4, 0.5) is 0 Å². The van der Waals surface area contributed by atoms with Crippen LogP contribution in [-0.4, -0.2) is 38.7 Å². The van der Waals surface area contributed by atoms with Crippen molar-refractivity contribution in [3.05, 3.63) is 81.8 Å². The maximum Gasteiger partial charge on any atom is 0.328 e. The fourth-order valence-corrected chi connectivity index (χ4v) is 4.19. The fourth-order valence-electron chi connectivity index (χ4n) is 3.62. The lowest BCUT2D eigenvalue weighted by Crippen LogP contribution is -2.43. The maximum atomic E-state index is 12.9. The Balaban J connectivity index is 1.86. The van der Waals surface area contributed by atoms with Gasteiger partial charge in [0.1, 0.15) is 17.5 Å². The van der Waals surface area contributed by atoms with Crippen LogP contribution in [0.25, 0.3) is 11.1 Å². The number of hydrogen-bond donors (Lipinski definition) is 1. The molecule has 0 saturated heterocycles. The summed E-state index contributed by atoms with van der Waals surface area (Å²) < 4.78 is 16.3. The third kappa shape index (κ3) is 6.47. The van der Waals surface area contributed by atoms with Gasteiger partial charge in [0.2, 0.25) is 0 Å². The highest BCUT2D eigenvalue weighted by molar-refractivity contribution is 6.39. The molecule has 35 heavy (non-hydrogen) atoms. The summed E-state index contributed by atoms with van der Waals surface area (Å²) in [6, 6.07) is 17.0. The second kappa shape index (κ2) is 12.5. The third-order valence-electron chi connectivity index (χ3n) is 5.34. The Bertz CT molecular complexity index is 1140. The van der Waals surface area contributed by atoms with Crippen LogP contribution in [0.1, 0.15) is 29.3 Å². The lowest BCUT2D eigenvalue weighted by Gasteiger charge is -2.19. The average molecular weight is 516 g/mol. The Morgan fingerprint density at radius 3 is 2.00 bits per heavy atom. The number of amides is 1. The Hall–Kier alpha value is -3.22. The van der Waals surface area contributed by atoms with Crippen molar-refractivity contribution in [1.82, 2.24) is 5.32 Å². The smallest absolute Gasteiger partial charge is 0.328 e. The molecular weight excluding hydrogens is 489 g/mol. The van der Waals surface area contributed by atoms with E-state index in [9.17, 15) is 9.59 Å². The number of carbonyl (C=O) groups is 2. The third-order valence-corrected chi connectivity index (χ3v) is 5.97. The molecule has 3 aromatic rings. The van der Waals surface area contributed by atoms with Crippen LogP contribution in [-0.2, 0) is 16.0 Å². The zero-order valence-electron chi connectivity index (χ0n) is 19.8. The molecule has 3 aromatic carbocycles. The molecule has 8 heteroatoms. The van der Waals surface area contributed by atoms with Gasteiger partial charge < -0.3 is 19.5 Å². The molecule has 0 radical (unpaired) electrons. The molecule has 0 unspecified atom stereocenters. The number of benzene rings is 3. The van der Waals surface area contributed by atoms with Crippen molar-refractivity contribution < 1.29 is 23.8 Å². The Kier molecular flexibility index (Phi) is 9.40. The Labute approximate surface area is 215 Å². The van der Waals surface area contributed by atoms with Gasteiger partial charge in [-0.15, -0.1) is 0 Å². The number of rotatable bonds is 10. The van der Waals surface area contributed by atoms with Gasteiger partial charge in [0.15, 0.2) is 0 Å². The van der Waals surface area contributed by atoms with Gasteiger partial charge >= 0.3 is 5.97 Å². The molecule has 0 saturated carbocycles. The van der Waals surface area contributed by atoms with Crippen LogP contribution in [0.5, 0.6) is 11.5 Å². The number of hydrogen-bond acceptors (Lipinski definition) is 5. The zero-order valence-corrected chi connectivity index (χ0v) is 21.3. The monoisotopic (exact) mass is 515 g/mol. The summed E-state index contributed by atoms with van der Waals surface area (Å²) in [6.07, 6.45) is 0.887. The minimum absolute atomic E-state index is 0.114. The molecule has 0 aliphatic heterocycles. The molecule has 0 fully saturated rings. The van der Waals surface area contributed by atoms with Gasteiger partial charge in [-0.05, 0) is 41.8 Å². The van der Waals surface area contributed by atoms with E-state index in [0.717, 1.165) is 16.7 Å². The summed E-state index contributed by atoms with van der Waals surface area (Å²) >= 11 is 12.3. The van der Waals surface area contributed by atoms with Crippen molar-refractivity contribution in [2.24, 2.45) is 0 Å². The van der Waals surface area contributed by atoms with Gasteiger partial charge in [-0.2, -0.15) is 0 Å². The molecule has 0 bridgehead atoms. The van der Waals surface area contributed by atoms with E-state index >= 15 is 0 Å². The minimum atomic E-state index is -0.923. The first kappa shape index (κ1) is 26.4. The predicted octanol–water partition coefficient (Wildman–Crippen LogP) is 5.97. The molecule has 0 heterocycles. The molecule has 184 valence electrons. The van der Waals surface area contributed by atoms with E-state index in [1.165, 1.54) is 0 Å². The molecule has 3 rings (SSSR count). The van der Waals surface area contributed by atoms with Crippen LogP contribution >= 0.6 is 23.2 Å². The number of esters is 1. The first-order chi connectivity index (χ1) is 16.9. The Morgan fingerprint density at radius 1 is 0.886 bits per heavy atom. The topological polar surface area (TPSA) is 73.9 Å². The average Bonchev–Trinajstić information content (AvgIpc) is 2.86. The highest BCUT2D eigenvalue weighted by Gasteiger charge is 2.25. The van der Waals surface area contributed by atoms with E-state index < -0.39 is 17.9 Å². The highest BCUT2D eigenvalue weighted by atomic mass is 35.5. The summed E-state index contributed by atoms with van der Waals surface area (Å²) in [5.74, 6) is 0.289. The lowest BCUT2D eigenvalue weighted by atomic mass is 9.99. The van der Waals surface area contributed by atoms with Crippen molar-refractivity contribution >= 4 is 35.1 Å². The first-order valence-corrected chi connectivity index (χ1v) is 11.9. The van der Waals surface area contributed by atoms with Crippen molar-refractivity contribution in [3.63, 3.8) is 0 Å². The zero-order chi connectivity index (χ0) is 25.4. The number of methoxy groups -OCH3 is 2. The van der Waals surface area contributed by atoms with E-state index in [2.05, 4.69) is 5.32 Å². The van der Waals surface area contributed by atoms with Crippen molar-refractivity contribution in [3.8, 4) is 22.6 Å². The number of carbonyl (C=O) groups excluding carboxylic acids is 2. The Morgan fingerprint density at radius 2 is 1.46 bits per heavy atom. The lowest BCUT2D eigenvalue weighted by molar-refractivity contribution is -0.145. The molecule has 0 aliphatic carbocycles. The number of nitrogens with one attached hydrogen (secondary N) is 1. The maximum absolute atomic E-state index is 12.9. The van der Waals surface area contributed by atoms with E-state index in [4.69, 9.17) is 37.4 Å². The molecular formula is C27H27Cl2NO5. The molecule has 1 atom stereocenters. The van der Waals surface area contributed by atoms with Crippen molar-refractivity contribution in [1.29, 1.82) is 0 Å². The van der Waals surface area contributed by atoms with Gasteiger partial charge in [-0.25, -0.2) is 4.79 Å². The minimum Gasteiger partial charge on any atom is -0.496 e. The fraction of sp³-hybridized carbons (Fsp3) is 0.259. The van der Waals surface area contributed by atoms with Crippen LogP contribution in [0, 0.1) is 0 Å². The van der Waals surface area contributed by atoms with Crippen molar-refractivity contribution in [2.75, 3.05) is 20.8 Å². The largest absolute Gasteiger partial charge is 0.496 e. The standard InChI is InChI=1S/C27H27Cl2NO5/c1-4-15-35-27(32)21(30-26(31)25-19(28)7-5-8-20(25)29)16-17-11-13-18(14-12-17)24-22(33-2)9-6-10-23(24)34-3/h5-14,21H,4,15-16H2,1-3H3,(H,30,31)/t21-/m0/s1. The normalized spacial score (nSPS) is 11.5. The van der Waals surface area contributed by atoms with Gasteiger partial charge in [0.25, 0.3) is 5.91 Å². The molecule has 0 aliphatic rings. The summed E-state index contributed by atoms with van der Waals surface area (Å²) in [6.45, 7) is 2.15. The second-order valence-corrected chi connectivity index (χ2v) is 8.54. The molecule has 1 N–H and O–H groups in total. The predicted molar refractivity (Wildman–Crippen MR) is 138 cm³/mol. The number of ether oxygens (including phenoxy) is 3. The van der Waals surface area contributed by atoms with Gasteiger partial charge in [-0.1, -0.05) is 66.5 Å². The second-order valence-electron chi connectivity index (χ2n) is 7.73. The van der Waals surface area contributed by atoms with Gasteiger partial charge in [-0.3, -0.25) is 4.79 Å². The van der Waals surface area contributed by atoms with E-state index in [1.807, 2.05) is 49.4 Å². The summed E-state index contributed by atoms with van der Waals surface area (Å²) in [7, 11) is 3.21. The summed E-state index contributed by atoms with van der Waals surface area (Å²) in [5.41, 5.74) is 2.65. The summed E-state index contributed by atoms with van der Waals surface area (Å²) in [5, 5.41) is 3.13. The first-order valence-electron chi connectivity index (χ1n) is 11.1. The molecule has 0 aromatic heterocycles. The highest BCUT2D eigenvalue weighted by Crippen LogP contribution is 2.38. The number of halogens is 2. The van der Waals surface area contributed by atoms with Gasteiger partial charge in [0, 0.05) is 6.42 Å². The van der Waals surface area contributed by atoms with Crippen LogP contribution in [0.3, 0.4) is 0 Å².